The molecular weight excluding hydrogens is 361 g/mol. The smallest absolute Gasteiger partial charge is 0.252 e. The summed E-state index contributed by atoms with van der Waals surface area (Å²) in [6.07, 6.45) is 1.45. The van der Waals surface area contributed by atoms with Crippen LogP contribution in [0.5, 0.6) is 0 Å². The average molecular weight is 381 g/mol. The highest BCUT2D eigenvalue weighted by Gasteiger charge is 2.26. The molecule has 1 aliphatic rings. The molecule has 6 nitrogen and oxygen atoms in total. The lowest BCUT2D eigenvalue weighted by Gasteiger charge is -2.29. The molecule has 1 amide bonds. The van der Waals surface area contributed by atoms with Gasteiger partial charge >= 0.3 is 0 Å². The number of nitrogens with one attached hydrogen (secondary N) is 2. The number of hydrogen-bond donors (Lipinski definition) is 3. The largest absolute Gasteiger partial charge is 0.436 e. The summed E-state index contributed by atoms with van der Waals surface area (Å²) in [5, 5.41) is 16.0. The summed E-state index contributed by atoms with van der Waals surface area (Å²) in [6, 6.07) is 12.9. The molecule has 3 aromatic rings. The van der Waals surface area contributed by atoms with Gasteiger partial charge in [0.2, 0.25) is 5.89 Å². The molecule has 0 saturated carbocycles. The number of aliphatic hydroxyl groups excluding tert-OH is 1. The van der Waals surface area contributed by atoms with Crippen molar-refractivity contribution < 1.29 is 18.7 Å². The molecule has 0 spiro atoms. The van der Waals surface area contributed by atoms with E-state index in [2.05, 4.69) is 15.6 Å². The highest BCUT2D eigenvalue weighted by atomic mass is 19.1. The highest BCUT2D eigenvalue weighted by molar-refractivity contribution is 6.00. The molecule has 1 fully saturated rings. The number of carbonyl (C=O) groups excluding carboxylic acids is 1. The Hall–Kier alpha value is -3.03. The van der Waals surface area contributed by atoms with Gasteiger partial charge in [-0.1, -0.05) is 24.3 Å². The number of aromatic nitrogens is 1. The topological polar surface area (TPSA) is 87.4 Å². The summed E-state index contributed by atoms with van der Waals surface area (Å²) in [5.74, 6) is -0.199. The van der Waals surface area contributed by atoms with Crippen LogP contribution in [0.3, 0.4) is 0 Å². The second-order valence-electron chi connectivity index (χ2n) is 6.70. The number of oxazole rings is 1. The minimum atomic E-state index is -0.640. The van der Waals surface area contributed by atoms with Gasteiger partial charge in [0, 0.05) is 12.1 Å². The molecule has 7 heteroatoms. The number of hydrogen-bond acceptors (Lipinski definition) is 5. The summed E-state index contributed by atoms with van der Waals surface area (Å²) in [5.41, 5.74) is 1.20. The quantitative estimate of drug-likeness (QED) is 0.647. The van der Waals surface area contributed by atoms with Crippen molar-refractivity contribution in [3.05, 3.63) is 66.1 Å². The maximum Gasteiger partial charge on any atom is 0.252 e. The normalized spacial score (nSPS) is 19.4. The Balaban J connectivity index is 1.62. The van der Waals surface area contributed by atoms with E-state index in [4.69, 9.17) is 4.42 Å². The SMILES string of the molecule is O=C(N[C@H]1CCNC[C@@H]1O)c1ccccc1-c1ncc(-c2ccccc2F)o1. The van der Waals surface area contributed by atoms with Crippen LogP contribution in [0.1, 0.15) is 16.8 Å². The third-order valence-corrected chi connectivity index (χ3v) is 4.81. The van der Waals surface area contributed by atoms with Gasteiger partial charge in [-0.05, 0) is 37.2 Å². The van der Waals surface area contributed by atoms with Gasteiger partial charge in [-0.25, -0.2) is 9.37 Å². The molecule has 2 heterocycles. The van der Waals surface area contributed by atoms with E-state index in [0.29, 0.717) is 29.7 Å². The zero-order valence-corrected chi connectivity index (χ0v) is 15.1. The van der Waals surface area contributed by atoms with E-state index in [9.17, 15) is 14.3 Å². The van der Waals surface area contributed by atoms with Gasteiger partial charge in [0.05, 0.1) is 29.5 Å². The Morgan fingerprint density at radius 2 is 1.93 bits per heavy atom. The van der Waals surface area contributed by atoms with E-state index in [1.807, 2.05) is 0 Å². The van der Waals surface area contributed by atoms with E-state index < -0.39 is 11.9 Å². The van der Waals surface area contributed by atoms with Gasteiger partial charge in [0.25, 0.3) is 5.91 Å². The first-order chi connectivity index (χ1) is 13.6. The number of β-amino-alcohol motifs (C(OH)–C–C–N with tert-alkyl or cyclic N) is 1. The van der Waals surface area contributed by atoms with E-state index in [1.165, 1.54) is 12.3 Å². The standard InChI is InChI=1S/C21H20FN3O3/c22-16-8-4-3-7-15(16)19-12-24-21(28-19)14-6-2-1-5-13(14)20(27)25-17-9-10-23-11-18(17)26/h1-8,12,17-18,23,26H,9-11H2,(H,25,27)/t17-,18-/m0/s1. The van der Waals surface area contributed by atoms with Crippen molar-refractivity contribution in [3.8, 4) is 22.8 Å². The predicted octanol–water partition coefficient (Wildman–Crippen LogP) is 2.60. The number of halogens is 1. The lowest BCUT2D eigenvalue weighted by molar-refractivity contribution is 0.0765. The molecule has 0 unspecified atom stereocenters. The second kappa shape index (κ2) is 7.92. The predicted molar refractivity (Wildman–Crippen MR) is 102 cm³/mol. The van der Waals surface area contributed by atoms with E-state index in [0.717, 1.165) is 6.54 Å². The van der Waals surface area contributed by atoms with Crippen LogP contribution >= 0.6 is 0 Å². The second-order valence-corrected chi connectivity index (χ2v) is 6.70. The van der Waals surface area contributed by atoms with Crippen molar-refractivity contribution in [1.82, 2.24) is 15.6 Å². The monoisotopic (exact) mass is 381 g/mol. The van der Waals surface area contributed by atoms with Crippen LogP contribution in [0.2, 0.25) is 0 Å². The molecule has 3 N–H and O–H groups in total. The Morgan fingerprint density at radius 3 is 2.71 bits per heavy atom. The first-order valence-corrected chi connectivity index (χ1v) is 9.13. The summed E-state index contributed by atoms with van der Waals surface area (Å²) >= 11 is 0. The Bertz CT molecular complexity index is 988. The fraction of sp³-hybridized carbons (Fsp3) is 0.238. The minimum absolute atomic E-state index is 0.231. The minimum Gasteiger partial charge on any atom is -0.436 e. The number of aliphatic hydroxyl groups is 1. The van der Waals surface area contributed by atoms with Crippen LogP contribution in [0.4, 0.5) is 4.39 Å². The van der Waals surface area contributed by atoms with E-state index >= 15 is 0 Å². The zero-order valence-electron chi connectivity index (χ0n) is 15.1. The summed E-state index contributed by atoms with van der Waals surface area (Å²) < 4.78 is 19.8. The highest BCUT2D eigenvalue weighted by Crippen LogP contribution is 2.29. The molecule has 0 aliphatic carbocycles. The maximum atomic E-state index is 14.0. The number of nitrogens with zero attached hydrogens (tertiary/aromatic N) is 1. The molecule has 1 aliphatic heterocycles. The summed E-state index contributed by atoms with van der Waals surface area (Å²) in [6.45, 7) is 1.17. The molecule has 4 rings (SSSR count). The number of amides is 1. The molecule has 1 aromatic heterocycles. The molecule has 2 aromatic carbocycles. The molecule has 144 valence electrons. The van der Waals surface area contributed by atoms with E-state index in [1.54, 1.807) is 42.5 Å². The summed E-state index contributed by atoms with van der Waals surface area (Å²) in [4.78, 5) is 17.0. The van der Waals surface area contributed by atoms with Gasteiger partial charge in [0.15, 0.2) is 5.76 Å². The van der Waals surface area contributed by atoms with Gasteiger partial charge in [-0.15, -0.1) is 0 Å². The van der Waals surface area contributed by atoms with E-state index in [-0.39, 0.29) is 23.6 Å². The number of carbonyl (C=O) groups is 1. The molecule has 1 saturated heterocycles. The van der Waals surface area contributed by atoms with Crippen LogP contribution in [-0.4, -0.2) is 41.2 Å². The zero-order chi connectivity index (χ0) is 19.5. The van der Waals surface area contributed by atoms with Crippen LogP contribution in [-0.2, 0) is 0 Å². The first kappa shape index (κ1) is 18.3. The average Bonchev–Trinajstić information content (AvgIpc) is 3.20. The molecular formula is C21H20FN3O3. The van der Waals surface area contributed by atoms with Crippen molar-refractivity contribution in [3.63, 3.8) is 0 Å². The van der Waals surface area contributed by atoms with Gasteiger partial charge in [-0.3, -0.25) is 4.79 Å². The number of piperidine rings is 1. The fourth-order valence-electron chi connectivity index (χ4n) is 3.31. The first-order valence-electron chi connectivity index (χ1n) is 9.13. The molecule has 28 heavy (non-hydrogen) atoms. The summed E-state index contributed by atoms with van der Waals surface area (Å²) in [7, 11) is 0. The van der Waals surface area contributed by atoms with Crippen LogP contribution in [0.15, 0.2) is 59.1 Å². The number of benzene rings is 2. The number of rotatable bonds is 4. The molecule has 2 atom stereocenters. The lowest BCUT2D eigenvalue weighted by atomic mass is 10.0. The van der Waals surface area contributed by atoms with Crippen molar-refractivity contribution in [2.45, 2.75) is 18.6 Å². The van der Waals surface area contributed by atoms with Crippen molar-refractivity contribution in [1.29, 1.82) is 0 Å². The van der Waals surface area contributed by atoms with Crippen LogP contribution in [0.25, 0.3) is 22.8 Å². The van der Waals surface area contributed by atoms with Crippen LogP contribution < -0.4 is 10.6 Å². The Labute approximate surface area is 161 Å². The van der Waals surface area contributed by atoms with Crippen LogP contribution in [0, 0.1) is 5.82 Å². The molecule has 0 bridgehead atoms. The van der Waals surface area contributed by atoms with Gasteiger partial charge in [0.1, 0.15) is 5.82 Å². The van der Waals surface area contributed by atoms with Gasteiger partial charge in [-0.2, -0.15) is 0 Å². The van der Waals surface area contributed by atoms with Gasteiger partial charge < -0.3 is 20.2 Å². The van der Waals surface area contributed by atoms with Crippen molar-refractivity contribution in [2.24, 2.45) is 0 Å². The van der Waals surface area contributed by atoms with Crippen molar-refractivity contribution >= 4 is 5.91 Å². The third kappa shape index (κ3) is 3.67. The maximum absolute atomic E-state index is 14.0. The lowest BCUT2D eigenvalue weighted by Crippen LogP contribution is -2.52. The fourth-order valence-corrected chi connectivity index (χ4v) is 3.31. The Kier molecular flexibility index (Phi) is 5.18. The van der Waals surface area contributed by atoms with Crippen molar-refractivity contribution in [2.75, 3.05) is 13.1 Å². The Morgan fingerprint density at radius 1 is 1.18 bits per heavy atom. The molecule has 0 radical (unpaired) electrons. The third-order valence-electron chi connectivity index (χ3n) is 4.81.